The van der Waals surface area contributed by atoms with Crippen LogP contribution in [-0.4, -0.2) is 18.5 Å². The van der Waals surface area contributed by atoms with Crippen LogP contribution in [0.5, 0.6) is 5.75 Å². The molecule has 0 spiro atoms. The van der Waals surface area contributed by atoms with Gasteiger partial charge in [-0.2, -0.15) is 31.6 Å². The van der Waals surface area contributed by atoms with Gasteiger partial charge in [-0.15, -0.1) is 0 Å². The van der Waals surface area contributed by atoms with Crippen molar-refractivity contribution in [1.29, 1.82) is 5.26 Å². The lowest BCUT2D eigenvalue weighted by Gasteiger charge is -2.24. The van der Waals surface area contributed by atoms with Crippen molar-refractivity contribution in [3.63, 3.8) is 0 Å². The van der Waals surface area contributed by atoms with E-state index in [1.54, 1.807) is 6.07 Å². The van der Waals surface area contributed by atoms with Gasteiger partial charge in [-0.05, 0) is 23.8 Å². The Morgan fingerprint density at radius 2 is 1.70 bits per heavy atom. The van der Waals surface area contributed by atoms with Gasteiger partial charge < -0.3 is 10.5 Å². The molecule has 0 aliphatic rings. The fourth-order valence-electron chi connectivity index (χ4n) is 1.35. The van der Waals surface area contributed by atoms with Gasteiger partial charge in [-0.25, -0.2) is 0 Å². The van der Waals surface area contributed by atoms with Crippen molar-refractivity contribution < 1.29 is 31.1 Å². The second-order valence-electron chi connectivity index (χ2n) is 3.78. The Balaban J connectivity index is 3.07. The molecule has 0 saturated carbocycles. The molecule has 1 rings (SSSR count). The minimum atomic E-state index is -5.60. The summed E-state index contributed by atoms with van der Waals surface area (Å²) in [6.45, 7) is 0. The number of anilines is 1. The molecule has 0 aromatic heterocycles. The number of hydrogen-bond acceptors (Lipinski definition) is 3. The zero-order chi connectivity index (χ0) is 15.6. The van der Waals surface area contributed by atoms with Gasteiger partial charge in [0.1, 0.15) is 5.75 Å². The van der Waals surface area contributed by atoms with Crippen molar-refractivity contribution in [2.75, 3.05) is 5.73 Å². The van der Waals surface area contributed by atoms with Crippen LogP contribution in [0.2, 0.25) is 0 Å². The van der Waals surface area contributed by atoms with Crippen molar-refractivity contribution in [3.05, 3.63) is 23.8 Å². The minimum absolute atomic E-state index is 0.0782. The average molecular weight is 298 g/mol. The first kappa shape index (κ1) is 15.9. The Bertz CT molecular complexity index is 503. The van der Waals surface area contributed by atoms with Crippen LogP contribution >= 0.6 is 0 Å². The van der Waals surface area contributed by atoms with Crippen LogP contribution < -0.4 is 10.5 Å². The normalized spacial score (nSPS) is 12.3. The fraction of sp³-hybridized carbons (Fsp3) is 0.364. The molecule has 0 radical (unpaired) electrons. The van der Waals surface area contributed by atoms with E-state index in [1.807, 2.05) is 0 Å². The lowest BCUT2D eigenvalue weighted by molar-refractivity contribution is -0.299. The number of ether oxygens (including phenoxy) is 1. The number of nitrogen functional groups attached to an aromatic ring is 1. The van der Waals surface area contributed by atoms with E-state index in [9.17, 15) is 26.3 Å². The van der Waals surface area contributed by atoms with Gasteiger partial charge in [0.25, 0.3) is 6.10 Å². The largest absolute Gasteiger partial charge is 0.471 e. The van der Waals surface area contributed by atoms with Gasteiger partial charge in [0.15, 0.2) is 0 Å². The predicted molar refractivity (Wildman–Crippen MR) is 56.7 cm³/mol. The lowest BCUT2D eigenvalue weighted by Crippen LogP contribution is -2.46. The molecule has 0 heterocycles. The molecule has 0 unspecified atom stereocenters. The first-order valence-electron chi connectivity index (χ1n) is 5.11. The highest BCUT2D eigenvalue weighted by molar-refractivity contribution is 5.51. The topological polar surface area (TPSA) is 59.0 Å². The van der Waals surface area contributed by atoms with Crippen LogP contribution in [0.1, 0.15) is 5.56 Å². The molecule has 0 aliphatic carbocycles. The van der Waals surface area contributed by atoms with Gasteiger partial charge in [0.05, 0.1) is 12.5 Å². The van der Waals surface area contributed by atoms with Crippen LogP contribution in [0.3, 0.4) is 0 Å². The second-order valence-corrected chi connectivity index (χ2v) is 3.78. The quantitative estimate of drug-likeness (QED) is 0.688. The van der Waals surface area contributed by atoms with Crippen molar-refractivity contribution in [2.45, 2.75) is 24.9 Å². The van der Waals surface area contributed by atoms with E-state index in [0.717, 1.165) is 18.2 Å². The van der Waals surface area contributed by atoms with Crippen molar-refractivity contribution in [2.24, 2.45) is 0 Å². The number of nitrogens with zero attached hydrogens (tertiary/aromatic N) is 1. The zero-order valence-electron chi connectivity index (χ0n) is 9.72. The van der Waals surface area contributed by atoms with Gasteiger partial charge in [-0.3, -0.25) is 0 Å². The minimum Gasteiger partial charge on any atom is -0.471 e. The van der Waals surface area contributed by atoms with Gasteiger partial charge in [0.2, 0.25) is 0 Å². The summed E-state index contributed by atoms with van der Waals surface area (Å²) in [6, 6.07) is 4.51. The maximum absolute atomic E-state index is 12.3. The van der Waals surface area contributed by atoms with Gasteiger partial charge >= 0.3 is 12.4 Å². The zero-order valence-corrected chi connectivity index (χ0v) is 9.72. The SMILES string of the molecule is N#CCc1cc(OC(C(F)(F)F)C(F)(F)F)ccc1N. The van der Waals surface area contributed by atoms with Crippen LogP contribution in [0, 0.1) is 11.3 Å². The molecule has 9 heteroatoms. The smallest absolute Gasteiger partial charge is 0.434 e. The molecule has 110 valence electrons. The Morgan fingerprint density at radius 1 is 1.15 bits per heavy atom. The number of hydrogen-bond donors (Lipinski definition) is 1. The third-order valence-corrected chi connectivity index (χ3v) is 2.23. The van der Waals surface area contributed by atoms with E-state index >= 15 is 0 Å². The maximum atomic E-state index is 12.3. The molecule has 20 heavy (non-hydrogen) atoms. The number of nitrogens with two attached hydrogens (primary N) is 1. The monoisotopic (exact) mass is 298 g/mol. The molecule has 0 bridgehead atoms. The van der Waals surface area contributed by atoms with Gasteiger partial charge in [-0.1, -0.05) is 0 Å². The summed E-state index contributed by atoms with van der Waals surface area (Å²) in [4.78, 5) is 0. The summed E-state index contributed by atoms with van der Waals surface area (Å²) in [7, 11) is 0. The summed E-state index contributed by atoms with van der Waals surface area (Å²) in [5.74, 6) is -0.663. The summed E-state index contributed by atoms with van der Waals surface area (Å²) in [6.07, 6.45) is -15.4. The molecular formula is C11H8F6N2O. The van der Waals surface area contributed by atoms with E-state index in [-0.39, 0.29) is 17.7 Å². The first-order valence-corrected chi connectivity index (χ1v) is 5.11. The van der Waals surface area contributed by atoms with Crippen LogP contribution in [0.25, 0.3) is 0 Å². The van der Waals surface area contributed by atoms with Crippen molar-refractivity contribution in [1.82, 2.24) is 0 Å². The number of nitriles is 1. The molecule has 0 amide bonds. The predicted octanol–water partition coefficient (Wildman–Crippen LogP) is 3.21. The molecule has 3 nitrogen and oxygen atoms in total. The van der Waals surface area contributed by atoms with E-state index < -0.39 is 24.2 Å². The number of halogens is 6. The molecule has 0 atom stereocenters. The highest BCUT2D eigenvalue weighted by Crippen LogP contribution is 2.36. The first-order chi connectivity index (χ1) is 9.05. The van der Waals surface area contributed by atoms with Crippen LogP contribution in [-0.2, 0) is 6.42 Å². The van der Waals surface area contributed by atoms with Crippen molar-refractivity contribution >= 4 is 5.69 Å². The molecular weight excluding hydrogens is 290 g/mol. The Hall–Kier alpha value is -2.11. The fourth-order valence-corrected chi connectivity index (χ4v) is 1.35. The van der Waals surface area contributed by atoms with Crippen LogP contribution in [0.15, 0.2) is 18.2 Å². The van der Waals surface area contributed by atoms with Crippen molar-refractivity contribution in [3.8, 4) is 11.8 Å². The molecule has 2 N–H and O–H groups in total. The van der Waals surface area contributed by atoms with E-state index in [1.165, 1.54) is 0 Å². The number of benzene rings is 1. The Kier molecular flexibility index (Phi) is 4.37. The summed E-state index contributed by atoms with van der Waals surface area (Å²) >= 11 is 0. The van der Waals surface area contributed by atoms with E-state index in [4.69, 9.17) is 11.0 Å². The van der Waals surface area contributed by atoms with E-state index in [0.29, 0.717) is 0 Å². The Morgan fingerprint density at radius 3 is 2.15 bits per heavy atom. The lowest BCUT2D eigenvalue weighted by atomic mass is 10.1. The molecule has 0 fully saturated rings. The standard InChI is InChI=1S/C11H8F6N2O/c12-10(13,14)9(11(15,16)17)20-7-1-2-8(19)6(5-7)3-4-18/h1-2,5,9H,3,19H2. The summed E-state index contributed by atoms with van der Waals surface area (Å²) < 4.78 is 77.8. The molecule has 0 aliphatic heterocycles. The summed E-state index contributed by atoms with van der Waals surface area (Å²) in [5.41, 5.74) is 5.60. The average Bonchev–Trinajstić information content (AvgIpc) is 2.27. The second kappa shape index (κ2) is 5.48. The molecule has 0 saturated heterocycles. The number of alkyl halides is 6. The number of rotatable bonds is 3. The summed E-state index contributed by atoms with van der Waals surface area (Å²) in [5, 5.41) is 8.47. The molecule has 1 aromatic carbocycles. The highest BCUT2D eigenvalue weighted by atomic mass is 19.4. The maximum Gasteiger partial charge on any atom is 0.434 e. The molecule has 1 aromatic rings. The Labute approximate surface area is 109 Å². The van der Waals surface area contributed by atoms with Gasteiger partial charge in [0, 0.05) is 5.69 Å². The highest BCUT2D eigenvalue weighted by Gasteiger charge is 2.59. The van der Waals surface area contributed by atoms with Crippen LogP contribution in [0.4, 0.5) is 32.0 Å². The third kappa shape index (κ3) is 3.94. The third-order valence-electron chi connectivity index (χ3n) is 2.23. The van der Waals surface area contributed by atoms with E-state index in [2.05, 4.69) is 4.74 Å².